The van der Waals surface area contributed by atoms with Crippen LogP contribution in [0.25, 0.3) is 0 Å². The molecule has 0 unspecified atom stereocenters. The zero-order valence-corrected chi connectivity index (χ0v) is 17.1. The lowest BCUT2D eigenvalue weighted by Gasteiger charge is -2.12. The molecule has 0 radical (unpaired) electrons. The van der Waals surface area contributed by atoms with Crippen molar-refractivity contribution in [3.8, 4) is 11.5 Å². The fraction of sp³-hybridized carbons (Fsp3) is 0.316. The molecule has 0 aliphatic heterocycles. The molecule has 26 heavy (non-hydrogen) atoms. The number of thioether (sulfide) groups is 1. The summed E-state index contributed by atoms with van der Waals surface area (Å²) in [4.78, 5) is 11.9. The molecule has 0 heterocycles. The standard InChI is InChI=1S/C19H21BrFNO3S/c1-24-17-9-14(16(20)10-18(17)25-2)7-8-22-19(23)12-26-11-13-3-5-15(21)6-4-13/h3-6,9-10H,7-8,11-12H2,1-2H3,(H,22,23). The van der Waals surface area contributed by atoms with Crippen molar-refractivity contribution in [3.63, 3.8) is 0 Å². The molecule has 0 bridgehead atoms. The molecule has 1 amide bonds. The van der Waals surface area contributed by atoms with Gasteiger partial charge in [-0.1, -0.05) is 28.1 Å². The summed E-state index contributed by atoms with van der Waals surface area (Å²) in [6, 6.07) is 10.1. The van der Waals surface area contributed by atoms with Crippen molar-refractivity contribution in [2.45, 2.75) is 12.2 Å². The van der Waals surface area contributed by atoms with Gasteiger partial charge in [0.1, 0.15) is 5.82 Å². The van der Waals surface area contributed by atoms with Crippen molar-refractivity contribution < 1.29 is 18.7 Å². The van der Waals surface area contributed by atoms with Crippen LogP contribution >= 0.6 is 27.7 Å². The molecule has 0 aliphatic rings. The molecule has 0 saturated heterocycles. The maximum absolute atomic E-state index is 12.8. The summed E-state index contributed by atoms with van der Waals surface area (Å²) in [6.45, 7) is 0.532. The van der Waals surface area contributed by atoms with Gasteiger partial charge >= 0.3 is 0 Å². The molecular weight excluding hydrogens is 421 g/mol. The second kappa shape index (κ2) is 10.4. The molecule has 0 aromatic heterocycles. The van der Waals surface area contributed by atoms with Gasteiger partial charge in [-0.05, 0) is 41.8 Å². The van der Waals surface area contributed by atoms with Crippen molar-refractivity contribution in [3.05, 3.63) is 57.8 Å². The number of hydrogen-bond donors (Lipinski definition) is 1. The van der Waals surface area contributed by atoms with E-state index in [0.717, 1.165) is 15.6 Å². The first-order valence-electron chi connectivity index (χ1n) is 8.02. The fourth-order valence-electron chi connectivity index (χ4n) is 2.32. The summed E-state index contributed by atoms with van der Waals surface area (Å²) in [5.74, 6) is 2.09. The van der Waals surface area contributed by atoms with Crippen LogP contribution in [0.1, 0.15) is 11.1 Å². The Balaban J connectivity index is 1.75. The van der Waals surface area contributed by atoms with Crippen LogP contribution in [-0.2, 0) is 17.0 Å². The van der Waals surface area contributed by atoms with Gasteiger partial charge in [0.25, 0.3) is 0 Å². The van der Waals surface area contributed by atoms with Gasteiger partial charge in [0.2, 0.25) is 5.91 Å². The second-order valence-electron chi connectivity index (χ2n) is 5.52. The van der Waals surface area contributed by atoms with E-state index in [4.69, 9.17) is 9.47 Å². The van der Waals surface area contributed by atoms with Crippen molar-refractivity contribution in [1.29, 1.82) is 0 Å². The Morgan fingerprint density at radius 3 is 2.46 bits per heavy atom. The van der Waals surface area contributed by atoms with E-state index < -0.39 is 0 Å². The van der Waals surface area contributed by atoms with Crippen LogP contribution < -0.4 is 14.8 Å². The third-order valence-corrected chi connectivity index (χ3v) is 5.43. The molecule has 0 fully saturated rings. The minimum Gasteiger partial charge on any atom is -0.493 e. The number of ether oxygens (including phenoxy) is 2. The smallest absolute Gasteiger partial charge is 0.230 e. The zero-order valence-electron chi connectivity index (χ0n) is 14.7. The summed E-state index contributed by atoms with van der Waals surface area (Å²) in [5, 5.41) is 2.91. The number of hydrogen-bond acceptors (Lipinski definition) is 4. The Hall–Kier alpha value is -1.73. The fourth-order valence-corrected chi connectivity index (χ4v) is 3.66. The first-order valence-corrected chi connectivity index (χ1v) is 9.97. The van der Waals surface area contributed by atoms with Crippen molar-refractivity contribution in [2.24, 2.45) is 0 Å². The highest BCUT2D eigenvalue weighted by molar-refractivity contribution is 9.10. The number of benzene rings is 2. The van der Waals surface area contributed by atoms with E-state index in [1.165, 1.54) is 23.9 Å². The van der Waals surface area contributed by atoms with E-state index in [0.29, 0.717) is 36.0 Å². The molecule has 2 rings (SSSR count). The third-order valence-electron chi connectivity index (χ3n) is 3.68. The highest BCUT2D eigenvalue weighted by Gasteiger charge is 2.10. The Kier molecular flexibility index (Phi) is 8.25. The van der Waals surface area contributed by atoms with E-state index in [9.17, 15) is 9.18 Å². The van der Waals surface area contributed by atoms with E-state index in [1.54, 1.807) is 26.4 Å². The summed E-state index contributed by atoms with van der Waals surface area (Å²) >= 11 is 5.01. The molecule has 0 aliphatic carbocycles. The second-order valence-corrected chi connectivity index (χ2v) is 7.36. The predicted octanol–water partition coefficient (Wildman–Crippen LogP) is 4.20. The van der Waals surface area contributed by atoms with E-state index >= 15 is 0 Å². The van der Waals surface area contributed by atoms with Crippen LogP contribution in [0.5, 0.6) is 11.5 Å². The predicted molar refractivity (Wildman–Crippen MR) is 107 cm³/mol. The normalized spacial score (nSPS) is 10.5. The van der Waals surface area contributed by atoms with Gasteiger partial charge < -0.3 is 14.8 Å². The van der Waals surface area contributed by atoms with Crippen LogP contribution in [-0.4, -0.2) is 32.4 Å². The lowest BCUT2D eigenvalue weighted by Crippen LogP contribution is -2.27. The van der Waals surface area contributed by atoms with Crippen LogP contribution in [0, 0.1) is 5.82 Å². The molecule has 4 nitrogen and oxygen atoms in total. The van der Waals surface area contributed by atoms with Gasteiger partial charge in [-0.25, -0.2) is 4.39 Å². The summed E-state index contributed by atoms with van der Waals surface area (Å²) in [6.07, 6.45) is 0.676. The number of halogens is 2. The molecule has 0 atom stereocenters. The maximum Gasteiger partial charge on any atom is 0.230 e. The first-order chi connectivity index (χ1) is 12.5. The summed E-state index contributed by atoms with van der Waals surface area (Å²) < 4.78 is 24.3. The van der Waals surface area contributed by atoms with Gasteiger partial charge in [-0.2, -0.15) is 0 Å². The number of carbonyl (C=O) groups is 1. The van der Waals surface area contributed by atoms with Crippen molar-refractivity contribution in [1.82, 2.24) is 5.32 Å². The highest BCUT2D eigenvalue weighted by Crippen LogP contribution is 2.33. The number of nitrogens with one attached hydrogen (secondary N) is 1. The van der Waals surface area contributed by atoms with Gasteiger partial charge in [0.05, 0.1) is 20.0 Å². The Labute approximate surface area is 165 Å². The minimum atomic E-state index is -0.252. The topological polar surface area (TPSA) is 47.6 Å². The molecule has 2 aromatic carbocycles. The molecular formula is C19H21BrFNO3S. The van der Waals surface area contributed by atoms with Gasteiger partial charge in [0.15, 0.2) is 11.5 Å². The SMILES string of the molecule is COc1cc(Br)c(CCNC(=O)CSCc2ccc(F)cc2)cc1OC. The van der Waals surface area contributed by atoms with Crippen LogP contribution in [0.4, 0.5) is 4.39 Å². The van der Waals surface area contributed by atoms with Crippen molar-refractivity contribution in [2.75, 3.05) is 26.5 Å². The summed E-state index contributed by atoms with van der Waals surface area (Å²) in [5.41, 5.74) is 2.03. The van der Waals surface area contributed by atoms with E-state index in [-0.39, 0.29) is 11.7 Å². The van der Waals surface area contributed by atoms with Crippen LogP contribution in [0.15, 0.2) is 40.9 Å². The largest absolute Gasteiger partial charge is 0.493 e. The molecule has 2 aromatic rings. The first kappa shape index (κ1) is 20.6. The highest BCUT2D eigenvalue weighted by atomic mass is 79.9. The monoisotopic (exact) mass is 441 g/mol. The van der Waals surface area contributed by atoms with Gasteiger partial charge in [-0.3, -0.25) is 4.79 Å². The average Bonchev–Trinajstić information content (AvgIpc) is 2.64. The number of rotatable bonds is 9. The maximum atomic E-state index is 12.8. The molecule has 1 N–H and O–H groups in total. The van der Waals surface area contributed by atoms with Crippen molar-refractivity contribution >= 4 is 33.6 Å². The number of carbonyl (C=O) groups excluding carboxylic acids is 1. The van der Waals surface area contributed by atoms with Gasteiger partial charge in [-0.15, -0.1) is 11.8 Å². The molecule has 7 heteroatoms. The number of amides is 1. The zero-order chi connectivity index (χ0) is 18.9. The number of methoxy groups -OCH3 is 2. The minimum absolute atomic E-state index is 0.0197. The summed E-state index contributed by atoms with van der Waals surface area (Å²) in [7, 11) is 3.18. The average molecular weight is 442 g/mol. The van der Waals surface area contributed by atoms with Crippen LogP contribution in [0.3, 0.4) is 0 Å². The Bertz CT molecular complexity index is 740. The Morgan fingerprint density at radius 1 is 1.15 bits per heavy atom. The third kappa shape index (κ3) is 6.21. The lowest BCUT2D eigenvalue weighted by atomic mass is 10.1. The molecule has 0 saturated carbocycles. The quantitative estimate of drug-likeness (QED) is 0.633. The van der Waals surface area contributed by atoms with E-state index in [1.807, 2.05) is 12.1 Å². The lowest BCUT2D eigenvalue weighted by molar-refractivity contribution is -0.118. The Morgan fingerprint density at radius 2 is 1.81 bits per heavy atom. The molecule has 0 spiro atoms. The van der Waals surface area contributed by atoms with Crippen LogP contribution in [0.2, 0.25) is 0 Å². The van der Waals surface area contributed by atoms with Gasteiger partial charge in [0, 0.05) is 16.8 Å². The molecule has 140 valence electrons. The van der Waals surface area contributed by atoms with E-state index in [2.05, 4.69) is 21.2 Å².